The van der Waals surface area contributed by atoms with Crippen LogP contribution in [-0.4, -0.2) is 51.9 Å². The monoisotopic (exact) mass is 524 g/mol. The molecule has 37 heavy (non-hydrogen) atoms. The summed E-state index contributed by atoms with van der Waals surface area (Å²) in [5.41, 5.74) is 2.37. The highest BCUT2D eigenvalue weighted by Crippen LogP contribution is 2.48. The molecule has 0 saturated carbocycles. The Labute approximate surface area is 219 Å². The zero-order valence-electron chi connectivity index (χ0n) is 21.2. The van der Waals surface area contributed by atoms with Crippen molar-refractivity contribution in [1.29, 1.82) is 0 Å². The topological polar surface area (TPSA) is 58.4 Å². The molecule has 1 atom stereocenters. The molecule has 1 saturated heterocycles. The Morgan fingerprint density at radius 2 is 1.76 bits per heavy atom. The van der Waals surface area contributed by atoms with Crippen molar-refractivity contribution in [3.63, 3.8) is 0 Å². The van der Waals surface area contributed by atoms with Crippen LogP contribution < -0.4 is 4.90 Å². The van der Waals surface area contributed by atoms with Crippen molar-refractivity contribution in [2.45, 2.75) is 44.3 Å². The third-order valence-electron chi connectivity index (χ3n) is 6.77. The molecule has 6 nitrogen and oxygen atoms in total. The van der Waals surface area contributed by atoms with E-state index in [2.05, 4.69) is 0 Å². The summed E-state index contributed by atoms with van der Waals surface area (Å²) in [6.45, 7) is 7.34. The zero-order valence-corrected chi connectivity index (χ0v) is 22.0. The molecule has 5 rings (SSSR count). The van der Waals surface area contributed by atoms with Crippen LogP contribution in [0.3, 0.4) is 0 Å². The summed E-state index contributed by atoms with van der Waals surface area (Å²) >= 11 is 1.40. The molecule has 0 bridgehead atoms. The second kappa shape index (κ2) is 9.93. The number of anilines is 1. The first kappa shape index (κ1) is 25.4. The first-order valence-corrected chi connectivity index (χ1v) is 13.5. The van der Waals surface area contributed by atoms with Gasteiger partial charge in [0.05, 0.1) is 22.4 Å². The number of hydrogen-bond acceptors (Lipinski definition) is 4. The summed E-state index contributed by atoms with van der Waals surface area (Å²) < 4.78 is 29.8. The molecule has 3 heterocycles. The van der Waals surface area contributed by atoms with Crippen molar-refractivity contribution < 1.29 is 18.4 Å². The second-order valence-electron chi connectivity index (χ2n) is 10.5. The van der Waals surface area contributed by atoms with E-state index in [4.69, 9.17) is 5.10 Å². The summed E-state index contributed by atoms with van der Waals surface area (Å²) in [6, 6.07) is 12.3. The average Bonchev–Trinajstić information content (AvgIpc) is 3.49. The fourth-order valence-electron chi connectivity index (χ4n) is 4.97. The van der Waals surface area contributed by atoms with Crippen molar-refractivity contribution in [3.05, 3.63) is 77.0 Å². The Morgan fingerprint density at radius 1 is 1.05 bits per heavy atom. The number of amides is 2. The molecule has 2 aliphatic heterocycles. The van der Waals surface area contributed by atoms with E-state index in [1.54, 1.807) is 27.8 Å². The lowest BCUT2D eigenvalue weighted by Gasteiger charge is -2.26. The number of nitrogens with zero attached hydrogens (tertiary/aromatic N) is 4. The minimum atomic E-state index is -0.431. The smallest absolute Gasteiger partial charge is 0.242 e. The van der Waals surface area contributed by atoms with E-state index < -0.39 is 5.41 Å². The van der Waals surface area contributed by atoms with Gasteiger partial charge >= 0.3 is 0 Å². The quantitative estimate of drug-likeness (QED) is 0.469. The van der Waals surface area contributed by atoms with Crippen molar-refractivity contribution in [1.82, 2.24) is 14.7 Å². The van der Waals surface area contributed by atoms with Gasteiger partial charge in [0.15, 0.2) is 0 Å². The summed E-state index contributed by atoms with van der Waals surface area (Å²) in [5, 5.41) is 4.58. The fourth-order valence-corrected chi connectivity index (χ4v) is 6.16. The molecule has 194 valence electrons. The summed E-state index contributed by atoms with van der Waals surface area (Å²) in [4.78, 5) is 30.2. The predicted octanol–water partition coefficient (Wildman–Crippen LogP) is 5.24. The molecule has 1 fully saturated rings. The minimum absolute atomic E-state index is 0.112. The Kier molecular flexibility index (Phi) is 6.83. The number of likely N-dealkylation sites (tertiary alicyclic amines) is 1. The summed E-state index contributed by atoms with van der Waals surface area (Å²) in [7, 11) is 0. The Morgan fingerprint density at radius 3 is 2.41 bits per heavy atom. The minimum Gasteiger partial charge on any atom is -0.341 e. The Balaban J connectivity index is 1.75. The maximum Gasteiger partial charge on any atom is 0.242 e. The van der Waals surface area contributed by atoms with Gasteiger partial charge in [-0.15, -0.1) is 11.8 Å². The van der Waals surface area contributed by atoms with Gasteiger partial charge in [0.2, 0.25) is 11.8 Å². The van der Waals surface area contributed by atoms with Crippen molar-refractivity contribution >= 4 is 29.4 Å². The van der Waals surface area contributed by atoms with Gasteiger partial charge in [-0.3, -0.25) is 14.5 Å². The standard InChI is InChI=1S/C28H30F2N4O2S/c1-28(2,3)26-24-25(18-7-6-8-20(30)15-18)37-17-23(36)33(16-22(35)32-13-4-5-14-32)27(24)34(31-26)21-11-9-19(29)10-12-21/h6-12,15,25H,4-5,13-14,16-17H2,1-3H3/t25-/m0/s1. The molecule has 1 aromatic heterocycles. The highest BCUT2D eigenvalue weighted by molar-refractivity contribution is 8.00. The van der Waals surface area contributed by atoms with Gasteiger partial charge in [0, 0.05) is 24.1 Å². The van der Waals surface area contributed by atoms with Gasteiger partial charge in [-0.2, -0.15) is 5.10 Å². The van der Waals surface area contributed by atoms with Crippen LogP contribution in [0, 0.1) is 11.6 Å². The van der Waals surface area contributed by atoms with E-state index in [-0.39, 0.29) is 41.0 Å². The number of hydrogen-bond donors (Lipinski definition) is 0. The van der Waals surface area contributed by atoms with Crippen LogP contribution in [0.25, 0.3) is 5.69 Å². The van der Waals surface area contributed by atoms with Crippen molar-refractivity contribution in [2.24, 2.45) is 0 Å². The molecule has 3 aromatic rings. The fraction of sp³-hybridized carbons (Fsp3) is 0.393. The van der Waals surface area contributed by atoms with Crippen LogP contribution in [0.2, 0.25) is 0 Å². The number of halogens is 2. The van der Waals surface area contributed by atoms with Gasteiger partial charge in [-0.1, -0.05) is 32.9 Å². The molecule has 0 N–H and O–H groups in total. The normalized spacial score (nSPS) is 18.2. The maximum absolute atomic E-state index is 14.3. The molecular formula is C28H30F2N4O2S. The molecule has 0 aliphatic carbocycles. The molecule has 9 heteroatoms. The third kappa shape index (κ3) is 5.01. The van der Waals surface area contributed by atoms with Gasteiger partial charge < -0.3 is 4.90 Å². The predicted molar refractivity (Wildman–Crippen MR) is 141 cm³/mol. The van der Waals surface area contributed by atoms with E-state index in [1.807, 2.05) is 26.8 Å². The van der Waals surface area contributed by atoms with Crippen LogP contribution in [0.1, 0.15) is 55.7 Å². The molecule has 0 unspecified atom stereocenters. The van der Waals surface area contributed by atoms with E-state index in [9.17, 15) is 18.4 Å². The number of benzene rings is 2. The highest BCUT2D eigenvalue weighted by Gasteiger charge is 2.40. The van der Waals surface area contributed by atoms with Gasteiger partial charge in [0.25, 0.3) is 0 Å². The molecule has 2 aromatic carbocycles. The van der Waals surface area contributed by atoms with Gasteiger partial charge in [0.1, 0.15) is 24.0 Å². The number of fused-ring (bicyclic) bond motifs is 1. The van der Waals surface area contributed by atoms with Crippen molar-refractivity contribution in [2.75, 3.05) is 30.3 Å². The summed E-state index contributed by atoms with van der Waals surface area (Å²) in [5.74, 6) is -0.483. The Bertz CT molecular complexity index is 1330. The summed E-state index contributed by atoms with van der Waals surface area (Å²) in [6.07, 6.45) is 1.90. The third-order valence-corrected chi connectivity index (χ3v) is 8.03. The average molecular weight is 525 g/mol. The number of rotatable bonds is 4. The van der Waals surface area contributed by atoms with Gasteiger partial charge in [-0.05, 0) is 54.8 Å². The van der Waals surface area contributed by atoms with E-state index in [0.717, 1.165) is 29.7 Å². The van der Waals surface area contributed by atoms with E-state index in [0.29, 0.717) is 24.6 Å². The number of carbonyl (C=O) groups is 2. The lowest BCUT2D eigenvalue weighted by molar-refractivity contribution is -0.130. The zero-order chi connectivity index (χ0) is 26.3. The highest BCUT2D eigenvalue weighted by atomic mass is 32.2. The molecule has 0 spiro atoms. The molecule has 0 radical (unpaired) electrons. The number of thioether (sulfide) groups is 1. The first-order chi connectivity index (χ1) is 17.6. The van der Waals surface area contributed by atoms with E-state index >= 15 is 0 Å². The molecule has 2 amide bonds. The first-order valence-electron chi connectivity index (χ1n) is 12.5. The van der Waals surface area contributed by atoms with Crippen LogP contribution in [0.5, 0.6) is 0 Å². The van der Waals surface area contributed by atoms with Crippen molar-refractivity contribution in [3.8, 4) is 5.69 Å². The van der Waals surface area contributed by atoms with Crippen LogP contribution in [-0.2, 0) is 15.0 Å². The largest absolute Gasteiger partial charge is 0.341 e. The molecule has 2 aliphatic rings. The van der Waals surface area contributed by atoms with E-state index in [1.165, 1.54) is 40.9 Å². The maximum atomic E-state index is 14.3. The Hall–Kier alpha value is -3.20. The van der Waals surface area contributed by atoms with Crippen LogP contribution in [0.4, 0.5) is 14.6 Å². The lowest BCUT2D eigenvalue weighted by Crippen LogP contribution is -2.43. The van der Waals surface area contributed by atoms with Crippen LogP contribution >= 0.6 is 11.8 Å². The van der Waals surface area contributed by atoms with Gasteiger partial charge in [-0.25, -0.2) is 13.5 Å². The molecular weight excluding hydrogens is 494 g/mol. The number of aromatic nitrogens is 2. The lowest BCUT2D eigenvalue weighted by atomic mass is 9.87. The number of carbonyl (C=O) groups excluding carboxylic acids is 2. The van der Waals surface area contributed by atoms with Crippen LogP contribution in [0.15, 0.2) is 48.5 Å². The second-order valence-corrected chi connectivity index (χ2v) is 11.6. The SMILES string of the molecule is CC(C)(C)c1nn(-c2ccc(F)cc2)c2c1[C@H](c1cccc(F)c1)SCC(=O)N2CC(=O)N1CCCC1.